The number of nitrogens with zero attached hydrogens (tertiary/aromatic N) is 1. The van der Waals surface area contributed by atoms with Gasteiger partial charge in [-0.15, -0.1) is 0 Å². The lowest BCUT2D eigenvalue weighted by Crippen LogP contribution is -2.45. The van der Waals surface area contributed by atoms with Gasteiger partial charge < -0.3 is 14.6 Å². The van der Waals surface area contributed by atoms with Gasteiger partial charge in [-0.1, -0.05) is 0 Å². The zero-order chi connectivity index (χ0) is 17.6. The van der Waals surface area contributed by atoms with Crippen LogP contribution in [0.25, 0.3) is 10.9 Å². The van der Waals surface area contributed by atoms with E-state index in [9.17, 15) is 14.0 Å². The minimum absolute atomic E-state index is 0.0844. The highest BCUT2D eigenvalue weighted by Crippen LogP contribution is 2.49. The fourth-order valence-electron chi connectivity index (χ4n) is 3.98. The fraction of sp³-hybridized carbons (Fsp3) is 0.474. The van der Waals surface area contributed by atoms with Crippen LogP contribution >= 0.6 is 0 Å². The Labute approximate surface area is 145 Å². The zero-order valence-corrected chi connectivity index (χ0v) is 14.2. The van der Waals surface area contributed by atoms with Crippen LogP contribution in [-0.4, -0.2) is 42.0 Å². The van der Waals surface area contributed by atoms with Gasteiger partial charge >= 0.3 is 5.97 Å². The number of amides is 1. The quantitative estimate of drug-likeness (QED) is 0.688. The summed E-state index contributed by atoms with van der Waals surface area (Å²) in [7, 11) is 1.34. The van der Waals surface area contributed by atoms with Crippen LogP contribution in [0.4, 0.5) is 4.39 Å². The monoisotopic (exact) mass is 344 g/mol. The Balaban J connectivity index is 1.46. The van der Waals surface area contributed by atoms with Crippen molar-refractivity contribution in [2.45, 2.75) is 31.6 Å². The average molecular weight is 344 g/mol. The number of carbonyl (C=O) groups is 2. The van der Waals surface area contributed by atoms with E-state index in [1.807, 2.05) is 12.3 Å². The van der Waals surface area contributed by atoms with Crippen LogP contribution in [0.5, 0.6) is 0 Å². The minimum atomic E-state index is -0.917. The van der Waals surface area contributed by atoms with E-state index in [0.717, 1.165) is 23.7 Å². The first kappa shape index (κ1) is 16.1. The third-order valence-corrected chi connectivity index (χ3v) is 5.63. The molecule has 0 atom stereocenters. The Kier molecular flexibility index (Phi) is 3.78. The molecule has 1 aromatic carbocycles. The third-order valence-electron chi connectivity index (χ3n) is 5.63. The Morgan fingerprint density at radius 1 is 1.28 bits per heavy atom. The number of aromatic nitrogens is 1. The summed E-state index contributed by atoms with van der Waals surface area (Å²) < 4.78 is 18.1. The number of hydrogen-bond acceptors (Lipinski definition) is 3. The van der Waals surface area contributed by atoms with Crippen molar-refractivity contribution in [3.8, 4) is 0 Å². The second-order valence-electron chi connectivity index (χ2n) is 7.07. The Hall–Kier alpha value is -2.37. The van der Waals surface area contributed by atoms with Gasteiger partial charge in [0.25, 0.3) is 0 Å². The van der Waals surface area contributed by atoms with E-state index in [0.29, 0.717) is 31.8 Å². The van der Waals surface area contributed by atoms with E-state index in [2.05, 4.69) is 4.98 Å². The highest BCUT2D eigenvalue weighted by Gasteiger charge is 2.59. The number of aromatic amines is 1. The van der Waals surface area contributed by atoms with Crippen LogP contribution in [-0.2, 0) is 14.3 Å². The number of benzene rings is 1. The largest absolute Gasteiger partial charge is 0.468 e. The van der Waals surface area contributed by atoms with Crippen molar-refractivity contribution in [3.63, 3.8) is 0 Å². The number of piperidine rings is 1. The normalized spacial score (nSPS) is 19.8. The molecule has 25 heavy (non-hydrogen) atoms. The molecule has 1 aromatic heterocycles. The van der Waals surface area contributed by atoms with E-state index in [1.54, 1.807) is 4.90 Å². The maximum absolute atomic E-state index is 13.3. The lowest BCUT2D eigenvalue weighted by Gasteiger charge is -2.33. The number of H-pyrrole nitrogens is 1. The first-order valence-electron chi connectivity index (χ1n) is 8.69. The summed E-state index contributed by atoms with van der Waals surface area (Å²) >= 11 is 0. The summed E-state index contributed by atoms with van der Waals surface area (Å²) in [5.74, 6) is -0.410. The average Bonchev–Trinajstić information content (AvgIpc) is 3.35. The van der Waals surface area contributed by atoms with Crippen LogP contribution < -0.4 is 0 Å². The Morgan fingerprint density at radius 2 is 2.00 bits per heavy atom. The summed E-state index contributed by atoms with van der Waals surface area (Å²) in [4.78, 5) is 29.5. The number of nitrogens with one attached hydrogen (secondary N) is 1. The lowest BCUT2D eigenvalue weighted by molar-refractivity contribution is -0.156. The number of ether oxygens (including phenoxy) is 1. The van der Waals surface area contributed by atoms with E-state index < -0.39 is 11.4 Å². The molecule has 1 saturated carbocycles. The maximum atomic E-state index is 13.3. The molecule has 132 valence electrons. The molecule has 2 heterocycles. The molecule has 4 rings (SSSR count). The molecule has 1 aliphatic heterocycles. The van der Waals surface area contributed by atoms with Crippen LogP contribution in [0.2, 0.25) is 0 Å². The summed E-state index contributed by atoms with van der Waals surface area (Å²) in [5.41, 5.74) is 1.06. The molecular weight excluding hydrogens is 323 g/mol. The van der Waals surface area contributed by atoms with E-state index in [1.165, 1.54) is 24.8 Å². The lowest BCUT2D eigenvalue weighted by atomic mass is 9.88. The van der Waals surface area contributed by atoms with Gasteiger partial charge in [0.1, 0.15) is 11.2 Å². The van der Waals surface area contributed by atoms with Crippen molar-refractivity contribution >= 4 is 22.8 Å². The molecule has 0 bridgehead atoms. The van der Waals surface area contributed by atoms with Gasteiger partial charge in [0.15, 0.2) is 0 Å². The number of hydrogen-bond donors (Lipinski definition) is 1. The van der Waals surface area contributed by atoms with Crippen molar-refractivity contribution in [2.24, 2.45) is 5.41 Å². The standard InChI is InChI=1S/C19H21FN2O3/c1-25-18(24)19(6-7-19)17(23)22-8-4-12(5-9-22)15-11-21-16-10-13(20)2-3-14(15)16/h2-3,10-12,21H,4-9H2,1H3. The molecule has 0 radical (unpaired) electrons. The molecule has 0 spiro atoms. The first-order valence-corrected chi connectivity index (χ1v) is 8.69. The highest BCUT2D eigenvalue weighted by atomic mass is 19.1. The van der Waals surface area contributed by atoms with E-state index in [4.69, 9.17) is 4.74 Å². The number of likely N-dealkylation sites (tertiary alicyclic amines) is 1. The topological polar surface area (TPSA) is 62.4 Å². The van der Waals surface area contributed by atoms with Crippen LogP contribution in [0.1, 0.15) is 37.2 Å². The Bertz CT molecular complexity index is 832. The number of carbonyl (C=O) groups excluding carboxylic acids is 2. The van der Waals surface area contributed by atoms with Gasteiger partial charge in [-0.25, -0.2) is 4.39 Å². The molecule has 0 unspecified atom stereocenters. The van der Waals surface area contributed by atoms with E-state index >= 15 is 0 Å². The molecule has 6 heteroatoms. The molecule has 5 nitrogen and oxygen atoms in total. The number of fused-ring (bicyclic) bond motifs is 1. The molecule has 2 aromatic rings. The van der Waals surface area contributed by atoms with Crippen LogP contribution in [0, 0.1) is 11.2 Å². The van der Waals surface area contributed by atoms with Gasteiger partial charge in [-0.2, -0.15) is 0 Å². The number of rotatable bonds is 3. The fourth-order valence-corrected chi connectivity index (χ4v) is 3.98. The van der Waals surface area contributed by atoms with Crippen LogP contribution in [0.15, 0.2) is 24.4 Å². The molecule has 1 aliphatic carbocycles. The van der Waals surface area contributed by atoms with Crippen molar-refractivity contribution in [2.75, 3.05) is 20.2 Å². The second-order valence-corrected chi connectivity index (χ2v) is 7.07. The second kappa shape index (κ2) is 5.86. The van der Waals surface area contributed by atoms with Gasteiger partial charge in [0.05, 0.1) is 7.11 Å². The zero-order valence-electron chi connectivity index (χ0n) is 14.2. The van der Waals surface area contributed by atoms with Crippen molar-refractivity contribution in [3.05, 3.63) is 35.8 Å². The summed E-state index contributed by atoms with van der Waals surface area (Å²) in [6, 6.07) is 4.79. The predicted molar refractivity (Wildman–Crippen MR) is 90.5 cm³/mol. The number of esters is 1. The molecular formula is C19H21FN2O3. The van der Waals surface area contributed by atoms with Gasteiger partial charge in [0, 0.05) is 30.2 Å². The van der Waals surface area contributed by atoms with Crippen LogP contribution in [0.3, 0.4) is 0 Å². The van der Waals surface area contributed by atoms with Crippen molar-refractivity contribution in [1.82, 2.24) is 9.88 Å². The first-order chi connectivity index (χ1) is 12.0. The SMILES string of the molecule is COC(=O)C1(C(=O)N2CCC(c3c[nH]c4cc(F)ccc34)CC2)CC1. The summed E-state index contributed by atoms with van der Waals surface area (Å²) in [5, 5.41) is 1.04. The molecule has 2 fully saturated rings. The van der Waals surface area contributed by atoms with Gasteiger partial charge in [0.2, 0.25) is 5.91 Å². The number of halogens is 1. The molecule has 1 N–H and O–H groups in total. The molecule has 1 amide bonds. The third kappa shape index (κ3) is 2.60. The summed E-state index contributed by atoms with van der Waals surface area (Å²) in [6.45, 7) is 1.27. The molecule has 1 saturated heterocycles. The highest BCUT2D eigenvalue weighted by molar-refractivity contribution is 6.05. The smallest absolute Gasteiger partial charge is 0.321 e. The van der Waals surface area contributed by atoms with Gasteiger partial charge in [-0.05, 0) is 55.4 Å². The minimum Gasteiger partial charge on any atom is -0.468 e. The predicted octanol–water partition coefficient (Wildman–Crippen LogP) is 2.97. The summed E-state index contributed by atoms with van der Waals surface area (Å²) in [6.07, 6.45) is 4.81. The van der Waals surface area contributed by atoms with Crippen molar-refractivity contribution < 1.29 is 18.7 Å². The number of methoxy groups -OCH3 is 1. The Morgan fingerprint density at radius 3 is 2.64 bits per heavy atom. The van der Waals surface area contributed by atoms with E-state index in [-0.39, 0.29) is 11.7 Å². The van der Waals surface area contributed by atoms with Gasteiger partial charge in [-0.3, -0.25) is 9.59 Å². The molecule has 2 aliphatic rings. The van der Waals surface area contributed by atoms with Crippen molar-refractivity contribution in [1.29, 1.82) is 0 Å². The maximum Gasteiger partial charge on any atom is 0.321 e.